The maximum Gasteiger partial charge on any atom is 0.330 e. The van der Waals surface area contributed by atoms with Gasteiger partial charge in [-0.2, -0.15) is 0 Å². The minimum atomic E-state index is -0.695. The Morgan fingerprint density at radius 3 is 1.19 bits per heavy atom. The molecule has 12 heteroatoms. The molecule has 0 bridgehead atoms. The zero-order valence-electron chi connectivity index (χ0n) is 63.9. The van der Waals surface area contributed by atoms with Crippen LogP contribution in [0.1, 0.15) is 346 Å². The molecule has 94 heavy (non-hydrogen) atoms. The van der Waals surface area contributed by atoms with Crippen LogP contribution >= 0.6 is 0 Å². The van der Waals surface area contributed by atoms with E-state index >= 15 is 0 Å². The number of benzene rings is 1. The second-order valence-corrected chi connectivity index (χ2v) is 32.4. The molecule has 1 aromatic heterocycles. The summed E-state index contributed by atoms with van der Waals surface area (Å²) in [5, 5.41) is 3.08. The highest BCUT2D eigenvalue weighted by Gasteiger charge is 2.38. The maximum atomic E-state index is 13.6. The second-order valence-electron chi connectivity index (χ2n) is 32.4. The van der Waals surface area contributed by atoms with Gasteiger partial charge in [0.1, 0.15) is 12.3 Å². The summed E-state index contributed by atoms with van der Waals surface area (Å²) in [5.41, 5.74) is 0.191. The Balaban J connectivity index is 1.74. The molecule has 1 aliphatic heterocycles. The number of aryl methyl sites for hydroxylation is 1. The predicted octanol–water partition coefficient (Wildman–Crippen LogP) is 22.1. The lowest BCUT2D eigenvalue weighted by Crippen LogP contribution is -2.33. The van der Waals surface area contributed by atoms with Gasteiger partial charge in [0.05, 0.1) is 32.3 Å². The molecular formula is C82H147N3O9. The van der Waals surface area contributed by atoms with Crippen LogP contribution in [0.15, 0.2) is 27.9 Å². The summed E-state index contributed by atoms with van der Waals surface area (Å²) in [5.74, 6) is 9.78. The number of aromatic nitrogens is 2. The first-order valence-corrected chi connectivity index (χ1v) is 39.3. The van der Waals surface area contributed by atoms with Crippen molar-refractivity contribution in [1.82, 2.24) is 14.9 Å². The molecule has 12 atom stereocenters. The fourth-order valence-corrected chi connectivity index (χ4v) is 13.9. The maximum absolute atomic E-state index is 13.6. The smallest absolute Gasteiger partial charge is 0.330 e. The van der Waals surface area contributed by atoms with Crippen LogP contribution in [0.5, 0.6) is 17.2 Å². The van der Waals surface area contributed by atoms with Gasteiger partial charge in [0.15, 0.2) is 11.5 Å². The monoisotopic (exact) mass is 1320 g/mol. The van der Waals surface area contributed by atoms with Crippen molar-refractivity contribution in [3.63, 3.8) is 0 Å². The number of hydrogen-bond donors (Lipinski definition) is 2. The first kappa shape index (κ1) is 84.4. The highest BCUT2D eigenvalue weighted by atomic mass is 16.6. The molecule has 0 spiro atoms. The van der Waals surface area contributed by atoms with E-state index in [-0.39, 0.29) is 31.7 Å². The van der Waals surface area contributed by atoms with Crippen molar-refractivity contribution in [3.8, 4) is 17.2 Å². The summed E-state index contributed by atoms with van der Waals surface area (Å²) < 4.78 is 33.9. The van der Waals surface area contributed by atoms with E-state index in [1.165, 1.54) is 184 Å². The lowest BCUT2D eigenvalue weighted by atomic mass is 9.91. The molecule has 1 saturated heterocycles. The van der Waals surface area contributed by atoms with E-state index in [0.29, 0.717) is 66.8 Å². The fourth-order valence-electron chi connectivity index (χ4n) is 13.9. The van der Waals surface area contributed by atoms with Crippen molar-refractivity contribution in [3.05, 3.63) is 50.3 Å². The summed E-state index contributed by atoms with van der Waals surface area (Å²) in [6.45, 7) is 41.2. The molecule has 2 N–H and O–H groups in total. The molecular weight excluding hydrogens is 1170 g/mol. The van der Waals surface area contributed by atoms with Crippen LogP contribution in [-0.2, 0) is 25.6 Å². The first-order chi connectivity index (χ1) is 44.8. The zero-order chi connectivity index (χ0) is 69.4. The number of esters is 1. The molecule has 2 heterocycles. The van der Waals surface area contributed by atoms with Crippen molar-refractivity contribution >= 4 is 11.9 Å². The van der Waals surface area contributed by atoms with Gasteiger partial charge in [-0.3, -0.25) is 23.9 Å². The number of nitrogens with one attached hydrogen (secondary N) is 2. The van der Waals surface area contributed by atoms with Gasteiger partial charge >= 0.3 is 11.7 Å². The van der Waals surface area contributed by atoms with Crippen molar-refractivity contribution in [1.29, 1.82) is 0 Å². The van der Waals surface area contributed by atoms with Gasteiger partial charge in [-0.25, -0.2) is 4.79 Å². The third kappa shape index (κ3) is 38.4. The number of carbonyl (C=O) groups excluding carboxylic acids is 2. The molecule has 0 radical (unpaired) electrons. The summed E-state index contributed by atoms with van der Waals surface area (Å²) >= 11 is 0. The topological polar surface area (TPSA) is 147 Å². The Morgan fingerprint density at radius 1 is 0.500 bits per heavy atom. The van der Waals surface area contributed by atoms with Gasteiger partial charge in [0, 0.05) is 31.1 Å². The van der Waals surface area contributed by atoms with E-state index in [4.69, 9.17) is 23.7 Å². The third-order valence-corrected chi connectivity index (χ3v) is 20.8. The molecule has 9 unspecified atom stereocenters. The molecule has 1 amide bonds. The highest BCUT2D eigenvalue weighted by Crippen LogP contribution is 2.41. The van der Waals surface area contributed by atoms with E-state index in [1.807, 2.05) is 19.1 Å². The number of ether oxygens (including phenoxy) is 5. The molecule has 1 aromatic carbocycles. The van der Waals surface area contributed by atoms with E-state index in [0.717, 1.165) is 78.1 Å². The average Bonchev–Trinajstić information content (AvgIpc) is 1.58. The second kappa shape index (κ2) is 48.8. The minimum absolute atomic E-state index is 0.0585. The number of rotatable bonds is 56. The highest BCUT2D eigenvalue weighted by molar-refractivity contribution is 5.81. The van der Waals surface area contributed by atoms with E-state index in [1.54, 1.807) is 6.92 Å². The lowest BCUT2D eigenvalue weighted by Gasteiger charge is -2.21. The Bertz CT molecular complexity index is 2340. The van der Waals surface area contributed by atoms with Crippen molar-refractivity contribution in [2.24, 2.45) is 71.0 Å². The van der Waals surface area contributed by atoms with Crippen LogP contribution in [-0.4, -0.2) is 53.5 Å². The van der Waals surface area contributed by atoms with Crippen LogP contribution < -0.4 is 30.8 Å². The van der Waals surface area contributed by atoms with Crippen molar-refractivity contribution in [2.45, 2.75) is 361 Å². The van der Waals surface area contributed by atoms with Crippen molar-refractivity contribution in [2.75, 3.05) is 19.8 Å². The zero-order valence-corrected chi connectivity index (χ0v) is 63.9. The van der Waals surface area contributed by atoms with Crippen LogP contribution in [0, 0.1) is 77.9 Å². The molecule has 544 valence electrons. The molecule has 1 aliphatic rings. The van der Waals surface area contributed by atoms with Crippen LogP contribution in [0.3, 0.4) is 0 Å². The first-order valence-electron chi connectivity index (χ1n) is 39.3. The standard InChI is InChI=1S/C82H147N3O9/c1-18-73-74(56-78(93-73)85-58-71(17)81(88)84-82(85)89)94-79(87)47-46-77(86)83-57-72-54-75(90-51-48-68(14)43-25-40-65(11)37-22-34-62(8)31-19-28-59(2)3)80(92-53-50-70(16)45-27-42-67(13)39-24-36-64(10)33-21-30-61(6)7)76(55-72)91-52-49-69(15)44-26-41-66(12)38-23-35-63(9)32-20-29-60(4)5/h54-55,58-70,73-74,78H,18-53,56-57H2,1-17H3,(H,83,86)(H,84,88,89)/t62?,63?,64?,65?,66?,67?,68?,69?,70?,73-,74-,78-/m1/s1. The molecule has 3 rings (SSSR count). The van der Waals surface area contributed by atoms with Crippen LogP contribution in [0.25, 0.3) is 0 Å². The number of amides is 1. The third-order valence-electron chi connectivity index (χ3n) is 20.8. The summed E-state index contributed by atoms with van der Waals surface area (Å²) in [7, 11) is 0. The molecule has 12 nitrogen and oxygen atoms in total. The molecule has 1 fully saturated rings. The number of carbonyl (C=O) groups is 2. The summed E-state index contributed by atoms with van der Waals surface area (Å²) in [4.78, 5) is 54.0. The van der Waals surface area contributed by atoms with E-state index < -0.39 is 35.7 Å². The minimum Gasteiger partial charge on any atom is -0.490 e. The quantitative estimate of drug-likeness (QED) is 0.0618. The van der Waals surface area contributed by atoms with E-state index in [9.17, 15) is 19.2 Å². The normalized spacial score (nSPS) is 18.0. The van der Waals surface area contributed by atoms with Crippen LogP contribution in [0.2, 0.25) is 0 Å². The Kier molecular flexibility index (Phi) is 43.9. The summed E-state index contributed by atoms with van der Waals surface area (Å²) in [6, 6.07) is 4.03. The van der Waals surface area contributed by atoms with Gasteiger partial charge in [0.25, 0.3) is 5.56 Å². The molecule has 0 saturated carbocycles. The van der Waals surface area contributed by atoms with Gasteiger partial charge in [0.2, 0.25) is 11.7 Å². The average molecular weight is 1320 g/mol. The Hall–Kier alpha value is -3.80. The van der Waals surface area contributed by atoms with Gasteiger partial charge < -0.3 is 29.0 Å². The van der Waals surface area contributed by atoms with Crippen molar-refractivity contribution < 1.29 is 33.3 Å². The number of H-pyrrole nitrogens is 1. The fraction of sp³-hybridized carbons (Fsp3) is 0.854. The summed E-state index contributed by atoms with van der Waals surface area (Å²) in [6.07, 6.45) is 38.4. The van der Waals surface area contributed by atoms with E-state index in [2.05, 4.69) is 114 Å². The number of aromatic amines is 1. The Morgan fingerprint density at radius 2 is 0.840 bits per heavy atom. The van der Waals surface area contributed by atoms with Gasteiger partial charge in [-0.1, -0.05) is 284 Å². The van der Waals surface area contributed by atoms with Gasteiger partial charge in [-0.15, -0.1) is 0 Å². The molecule has 0 aliphatic carbocycles. The number of nitrogens with zero attached hydrogens (tertiary/aromatic N) is 1. The Labute approximate surface area is 576 Å². The van der Waals surface area contributed by atoms with Gasteiger partial charge in [-0.05, 0) is 121 Å². The largest absolute Gasteiger partial charge is 0.490 e. The lowest BCUT2D eigenvalue weighted by molar-refractivity contribution is -0.153. The number of hydrogen-bond acceptors (Lipinski definition) is 9. The van der Waals surface area contributed by atoms with Crippen LogP contribution in [0.4, 0.5) is 0 Å². The SMILES string of the molecule is CC[C@H]1O[C@@H](n2cc(C)c(=O)[nH]c2=O)C[C@H]1OC(=O)CCC(=O)NCc1cc(OCCC(C)CCCC(C)CCCC(C)CCCC(C)C)c(OCCC(C)CCCC(C)CCCC(C)CCCC(C)C)c(OCCC(C)CCCC(C)CCCC(C)CCCC(C)C)c1. The predicted molar refractivity (Wildman–Crippen MR) is 394 cm³/mol. The molecule has 2 aromatic rings.